The van der Waals surface area contributed by atoms with E-state index in [4.69, 9.17) is 14.2 Å². The fourth-order valence-corrected chi connectivity index (χ4v) is 2.28. The molecule has 0 saturated carbocycles. The Morgan fingerprint density at radius 2 is 1.61 bits per heavy atom. The van der Waals surface area contributed by atoms with Crippen LogP contribution < -0.4 is 0 Å². The molecule has 0 spiro atoms. The number of hydrogen-bond donors (Lipinski definition) is 1. The molecule has 0 bridgehead atoms. The van der Waals surface area contributed by atoms with Gasteiger partial charge in [-0.25, -0.2) is 0 Å². The molecule has 28 heavy (non-hydrogen) atoms. The van der Waals surface area contributed by atoms with Crippen molar-refractivity contribution in [1.82, 2.24) is 0 Å². The number of carbonyl (C=O) groups is 3. The van der Waals surface area contributed by atoms with Crippen molar-refractivity contribution in [3.8, 4) is 0 Å². The van der Waals surface area contributed by atoms with Crippen LogP contribution in [0.5, 0.6) is 0 Å². The van der Waals surface area contributed by atoms with Crippen molar-refractivity contribution in [1.29, 1.82) is 0 Å². The van der Waals surface area contributed by atoms with Crippen molar-refractivity contribution >= 4 is 17.9 Å². The van der Waals surface area contributed by atoms with E-state index in [0.29, 0.717) is 24.8 Å². The molecular formula is C21H32O7. The lowest BCUT2D eigenvalue weighted by atomic mass is 10.0. The van der Waals surface area contributed by atoms with E-state index >= 15 is 0 Å². The molecule has 7 heteroatoms. The summed E-state index contributed by atoms with van der Waals surface area (Å²) in [6.45, 7) is 11.4. The Bertz CT molecular complexity index is 616. The zero-order valence-corrected chi connectivity index (χ0v) is 17.4. The minimum Gasteiger partial charge on any atom is -0.462 e. The largest absolute Gasteiger partial charge is 0.462 e. The molecule has 0 rings (SSSR count). The Morgan fingerprint density at radius 3 is 2.11 bits per heavy atom. The first-order valence-corrected chi connectivity index (χ1v) is 9.13. The van der Waals surface area contributed by atoms with Gasteiger partial charge >= 0.3 is 17.9 Å². The predicted molar refractivity (Wildman–Crippen MR) is 105 cm³/mol. The number of rotatable bonds is 12. The summed E-state index contributed by atoms with van der Waals surface area (Å²) in [5.41, 5.74) is 2.25. The Hall–Kier alpha value is -2.41. The monoisotopic (exact) mass is 396 g/mol. The molecule has 2 unspecified atom stereocenters. The Kier molecular flexibility index (Phi) is 12.5. The molecule has 2 atom stereocenters. The zero-order chi connectivity index (χ0) is 21.7. The zero-order valence-electron chi connectivity index (χ0n) is 17.4. The summed E-state index contributed by atoms with van der Waals surface area (Å²) in [7, 11) is 0. The number of carbonyl (C=O) groups excluding carboxylic acids is 3. The first-order chi connectivity index (χ1) is 13.0. The average molecular weight is 396 g/mol. The van der Waals surface area contributed by atoms with Gasteiger partial charge in [0.1, 0.15) is 19.3 Å². The number of esters is 3. The molecule has 0 aliphatic heterocycles. The van der Waals surface area contributed by atoms with Gasteiger partial charge in [-0.2, -0.15) is 0 Å². The predicted octanol–water partition coefficient (Wildman–Crippen LogP) is 3.02. The third kappa shape index (κ3) is 13.7. The second kappa shape index (κ2) is 13.7. The Balaban J connectivity index is 5.28. The van der Waals surface area contributed by atoms with Crippen LogP contribution in [0.4, 0.5) is 0 Å². The highest BCUT2D eigenvalue weighted by Crippen LogP contribution is 2.17. The summed E-state index contributed by atoms with van der Waals surface area (Å²) in [4.78, 5) is 33.5. The van der Waals surface area contributed by atoms with Gasteiger partial charge in [0.05, 0.1) is 6.10 Å². The SMILES string of the molecule is C=C(C)C(O)CCC(=CC(CC(C)=CCOC(C)=O)OC(C)=O)COC(C)=O. The maximum absolute atomic E-state index is 11.5. The topological polar surface area (TPSA) is 99.1 Å². The molecule has 1 N–H and O–H groups in total. The summed E-state index contributed by atoms with van der Waals surface area (Å²) >= 11 is 0. The van der Waals surface area contributed by atoms with E-state index in [0.717, 1.165) is 11.1 Å². The quantitative estimate of drug-likeness (QED) is 0.307. The van der Waals surface area contributed by atoms with Crippen LogP contribution in [0.25, 0.3) is 0 Å². The minimum absolute atomic E-state index is 0.0478. The van der Waals surface area contributed by atoms with Crippen LogP contribution in [-0.2, 0) is 28.6 Å². The van der Waals surface area contributed by atoms with Crippen LogP contribution in [0.1, 0.15) is 53.9 Å². The van der Waals surface area contributed by atoms with Gasteiger partial charge in [0.2, 0.25) is 0 Å². The molecule has 158 valence electrons. The van der Waals surface area contributed by atoms with Crippen LogP contribution in [0, 0.1) is 0 Å². The second-order valence-electron chi connectivity index (χ2n) is 6.71. The normalized spacial score (nSPS) is 14.1. The fraction of sp³-hybridized carbons (Fsp3) is 0.571. The lowest BCUT2D eigenvalue weighted by Gasteiger charge is -2.18. The first-order valence-electron chi connectivity index (χ1n) is 9.13. The van der Waals surface area contributed by atoms with E-state index in [1.165, 1.54) is 20.8 Å². The van der Waals surface area contributed by atoms with Crippen molar-refractivity contribution in [2.75, 3.05) is 13.2 Å². The molecular weight excluding hydrogens is 364 g/mol. The lowest BCUT2D eigenvalue weighted by molar-refractivity contribution is -0.144. The molecule has 0 aromatic carbocycles. The van der Waals surface area contributed by atoms with Crippen molar-refractivity contribution in [2.24, 2.45) is 0 Å². The first kappa shape index (κ1) is 25.6. The Morgan fingerprint density at radius 1 is 1.00 bits per heavy atom. The van der Waals surface area contributed by atoms with Gasteiger partial charge in [-0.1, -0.05) is 17.7 Å². The third-order valence-corrected chi connectivity index (χ3v) is 3.75. The van der Waals surface area contributed by atoms with Crippen molar-refractivity contribution < 1.29 is 33.7 Å². The maximum atomic E-state index is 11.5. The molecule has 0 amide bonds. The molecule has 0 aromatic rings. The number of aliphatic hydroxyl groups is 1. The van der Waals surface area contributed by atoms with Gasteiger partial charge in [0, 0.05) is 27.2 Å². The molecule has 0 aliphatic rings. The van der Waals surface area contributed by atoms with Crippen LogP contribution >= 0.6 is 0 Å². The van der Waals surface area contributed by atoms with Gasteiger partial charge in [-0.05, 0) is 44.4 Å². The third-order valence-electron chi connectivity index (χ3n) is 3.75. The molecule has 7 nitrogen and oxygen atoms in total. The van der Waals surface area contributed by atoms with Crippen molar-refractivity contribution in [3.05, 3.63) is 35.5 Å². The highest BCUT2D eigenvalue weighted by atomic mass is 16.5. The van der Waals surface area contributed by atoms with Crippen LogP contribution in [0.3, 0.4) is 0 Å². The van der Waals surface area contributed by atoms with Crippen molar-refractivity contribution in [3.63, 3.8) is 0 Å². The highest BCUT2D eigenvalue weighted by Gasteiger charge is 2.14. The summed E-state index contributed by atoms with van der Waals surface area (Å²) in [6, 6.07) is 0. The fourth-order valence-electron chi connectivity index (χ4n) is 2.28. The number of hydrogen-bond acceptors (Lipinski definition) is 7. The highest BCUT2D eigenvalue weighted by molar-refractivity contribution is 5.67. The van der Waals surface area contributed by atoms with Crippen molar-refractivity contribution in [2.45, 2.75) is 66.1 Å². The van der Waals surface area contributed by atoms with Crippen LogP contribution in [0.15, 0.2) is 35.5 Å². The lowest BCUT2D eigenvalue weighted by Crippen LogP contribution is -2.17. The van der Waals surface area contributed by atoms with Gasteiger partial charge < -0.3 is 19.3 Å². The summed E-state index contributed by atoms with van der Waals surface area (Å²) in [5.74, 6) is -1.24. The van der Waals surface area contributed by atoms with E-state index in [1.54, 1.807) is 19.1 Å². The summed E-state index contributed by atoms with van der Waals surface area (Å²) in [5, 5.41) is 9.95. The smallest absolute Gasteiger partial charge is 0.303 e. The summed E-state index contributed by atoms with van der Waals surface area (Å²) < 4.78 is 15.3. The molecule has 0 heterocycles. The number of ether oxygens (including phenoxy) is 3. The average Bonchev–Trinajstić information content (AvgIpc) is 2.55. The molecule has 0 fully saturated rings. The molecule has 0 saturated heterocycles. The van der Waals surface area contributed by atoms with Gasteiger partial charge in [-0.15, -0.1) is 0 Å². The second-order valence-corrected chi connectivity index (χ2v) is 6.71. The Labute approximate surface area is 167 Å². The van der Waals surface area contributed by atoms with E-state index < -0.39 is 24.1 Å². The van der Waals surface area contributed by atoms with E-state index in [9.17, 15) is 19.5 Å². The van der Waals surface area contributed by atoms with E-state index in [2.05, 4.69) is 6.58 Å². The van der Waals surface area contributed by atoms with E-state index in [1.807, 2.05) is 6.92 Å². The molecule has 0 aliphatic carbocycles. The minimum atomic E-state index is -0.668. The van der Waals surface area contributed by atoms with Crippen LogP contribution in [0.2, 0.25) is 0 Å². The molecule has 0 aromatic heterocycles. The van der Waals surface area contributed by atoms with E-state index in [-0.39, 0.29) is 19.2 Å². The maximum Gasteiger partial charge on any atom is 0.303 e. The standard InChI is InChI=1S/C21H32O7/c1-14(2)21(25)8-7-19(13-27-17(5)23)12-20(28-18(6)24)11-15(3)9-10-26-16(4)22/h9,12,20-21,25H,1,7-8,10-11,13H2,2-6H3. The van der Waals surface area contributed by atoms with Gasteiger partial charge in [0.25, 0.3) is 0 Å². The number of aliphatic hydroxyl groups excluding tert-OH is 1. The van der Waals surface area contributed by atoms with Gasteiger partial charge in [-0.3, -0.25) is 14.4 Å². The molecule has 0 radical (unpaired) electrons. The van der Waals surface area contributed by atoms with Gasteiger partial charge in [0.15, 0.2) is 0 Å². The summed E-state index contributed by atoms with van der Waals surface area (Å²) in [6.07, 6.45) is 3.50. The van der Waals surface area contributed by atoms with Crippen LogP contribution in [-0.4, -0.2) is 48.4 Å².